The Labute approximate surface area is 137 Å². The highest BCUT2D eigenvalue weighted by molar-refractivity contribution is 7.99. The molecule has 0 unspecified atom stereocenters. The van der Waals surface area contributed by atoms with Gasteiger partial charge in [0.1, 0.15) is 5.82 Å². The molecule has 0 aromatic carbocycles. The van der Waals surface area contributed by atoms with Gasteiger partial charge in [0.2, 0.25) is 0 Å². The molecule has 1 amide bonds. The molecular formula is C14H18N4O2S2. The van der Waals surface area contributed by atoms with Crippen LogP contribution >= 0.6 is 23.1 Å². The van der Waals surface area contributed by atoms with Crippen molar-refractivity contribution in [3.8, 4) is 0 Å². The number of thioether (sulfide) groups is 1. The molecule has 1 N–H and O–H groups in total. The quantitative estimate of drug-likeness (QED) is 0.476. The molecule has 8 heteroatoms. The van der Waals surface area contributed by atoms with Crippen LogP contribution in [0, 0.1) is 6.92 Å². The second kappa shape index (κ2) is 7.55. The minimum atomic E-state index is -0.155. The normalized spacial score (nSPS) is 10.7. The second-order valence-corrected chi connectivity index (χ2v) is 6.61. The van der Waals surface area contributed by atoms with E-state index in [-0.39, 0.29) is 11.7 Å². The van der Waals surface area contributed by atoms with E-state index >= 15 is 0 Å². The lowest BCUT2D eigenvalue weighted by Gasteiger charge is -2.05. The number of Topliss-reactive ketones (excluding diaryl/α,β-unsaturated/α-hetero) is 1. The van der Waals surface area contributed by atoms with Crippen LogP contribution < -0.4 is 5.32 Å². The number of hydrogen-bond acceptors (Lipinski definition) is 6. The Morgan fingerprint density at radius 3 is 2.82 bits per heavy atom. The van der Waals surface area contributed by atoms with E-state index in [1.54, 1.807) is 23.2 Å². The summed E-state index contributed by atoms with van der Waals surface area (Å²) in [7, 11) is 0. The third-order valence-corrected chi connectivity index (χ3v) is 5.04. The van der Waals surface area contributed by atoms with Gasteiger partial charge in [0.05, 0.1) is 10.4 Å². The van der Waals surface area contributed by atoms with Gasteiger partial charge in [0, 0.05) is 24.2 Å². The van der Waals surface area contributed by atoms with E-state index in [9.17, 15) is 9.59 Å². The van der Waals surface area contributed by atoms with Crippen molar-refractivity contribution in [3.63, 3.8) is 0 Å². The van der Waals surface area contributed by atoms with E-state index in [1.165, 1.54) is 18.3 Å². The molecule has 0 atom stereocenters. The van der Waals surface area contributed by atoms with E-state index in [4.69, 9.17) is 0 Å². The summed E-state index contributed by atoms with van der Waals surface area (Å²) in [6, 6.07) is 1.63. The second-order valence-electron chi connectivity index (χ2n) is 4.63. The first kappa shape index (κ1) is 16.7. The summed E-state index contributed by atoms with van der Waals surface area (Å²) >= 11 is 2.86. The number of rotatable bonds is 7. The predicted octanol–water partition coefficient (Wildman–Crippen LogP) is 2.39. The van der Waals surface area contributed by atoms with Gasteiger partial charge in [-0.3, -0.25) is 9.59 Å². The molecule has 2 aromatic heterocycles. The summed E-state index contributed by atoms with van der Waals surface area (Å²) in [5.74, 6) is 1.43. The Morgan fingerprint density at radius 2 is 2.18 bits per heavy atom. The number of aromatic nitrogens is 3. The summed E-state index contributed by atoms with van der Waals surface area (Å²) < 4.78 is 2.03. The Balaban J connectivity index is 1.80. The summed E-state index contributed by atoms with van der Waals surface area (Å²) in [6.45, 7) is 6.83. The van der Waals surface area contributed by atoms with Crippen LogP contribution in [-0.2, 0) is 6.54 Å². The fourth-order valence-corrected chi connectivity index (χ4v) is 3.57. The van der Waals surface area contributed by atoms with Crippen molar-refractivity contribution >= 4 is 34.8 Å². The summed E-state index contributed by atoms with van der Waals surface area (Å²) in [4.78, 5) is 23.8. The fourth-order valence-electron chi connectivity index (χ4n) is 1.88. The van der Waals surface area contributed by atoms with E-state index in [0.29, 0.717) is 22.7 Å². The smallest absolute Gasteiger partial charge is 0.252 e. The van der Waals surface area contributed by atoms with Gasteiger partial charge in [-0.1, -0.05) is 11.8 Å². The first-order chi connectivity index (χ1) is 10.5. The van der Waals surface area contributed by atoms with Crippen molar-refractivity contribution in [1.29, 1.82) is 0 Å². The van der Waals surface area contributed by atoms with Crippen LogP contribution in [0.15, 0.2) is 16.6 Å². The Morgan fingerprint density at radius 1 is 1.41 bits per heavy atom. The van der Waals surface area contributed by atoms with Gasteiger partial charge in [0.25, 0.3) is 5.91 Å². The minimum Gasteiger partial charge on any atom is -0.351 e. The zero-order chi connectivity index (χ0) is 16.1. The number of ketones is 1. The van der Waals surface area contributed by atoms with Crippen LogP contribution in [0.25, 0.3) is 0 Å². The topological polar surface area (TPSA) is 76.9 Å². The largest absolute Gasteiger partial charge is 0.351 e. The zero-order valence-corrected chi connectivity index (χ0v) is 14.4. The molecule has 0 saturated heterocycles. The van der Waals surface area contributed by atoms with Gasteiger partial charge < -0.3 is 9.88 Å². The van der Waals surface area contributed by atoms with E-state index < -0.39 is 0 Å². The van der Waals surface area contributed by atoms with Gasteiger partial charge in [-0.25, -0.2) is 0 Å². The molecular weight excluding hydrogens is 320 g/mol. The first-order valence-electron chi connectivity index (χ1n) is 6.93. The third kappa shape index (κ3) is 3.95. The number of thiophene rings is 1. The molecule has 2 aromatic rings. The molecule has 0 aliphatic rings. The maximum atomic E-state index is 12.0. The van der Waals surface area contributed by atoms with Crippen molar-refractivity contribution in [2.75, 3.05) is 12.3 Å². The van der Waals surface area contributed by atoms with Crippen LogP contribution in [0.1, 0.15) is 39.7 Å². The summed E-state index contributed by atoms with van der Waals surface area (Å²) in [5, 5.41) is 13.6. The molecule has 0 aliphatic heterocycles. The molecule has 22 heavy (non-hydrogen) atoms. The average Bonchev–Trinajstić information content (AvgIpc) is 3.10. The molecule has 0 aliphatic carbocycles. The van der Waals surface area contributed by atoms with Crippen molar-refractivity contribution in [2.45, 2.75) is 32.5 Å². The fraction of sp³-hybridized carbons (Fsp3) is 0.429. The predicted molar refractivity (Wildman–Crippen MR) is 87.8 cm³/mol. The Kier molecular flexibility index (Phi) is 5.73. The van der Waals surface area contributed by atoms with Crippen molar-refractivity contribution in [3.05, 3.63) is 27.7 Å². The van der Waals surface area contributed by atoms with Gasteiger partial charge in [-0.05, 0) is 26.8 Å². The van der Waals surface area contributed by atoms with Crippen LogP contribution in [0.4, 0.5) is 0 Å². The van der Waals surface area contributed by atoms with E-state index in [2.05, 4.69) is 15.5 Å². The van der Waals surface area contributed by atoms with Crippen LogP contribution in [0.2, 0.25) is 0 Å². The number of amides is 1. The number of nitrogens with zero attached hydrogens (tertiary/aromatic N) is 3. The third-order valence-electron chi connectivity index (χ3n) is 3.05. The van der Waals surface area contributed by atoms with Crippen LogP contribution in [0.5, 0.6) is 0 Å². The van der Waals surface area contributed by atoms with Crippen molar-refractivity contribution < 1.29 is 9.59 Å². The molecule has 118 valence electrons. The van der Waals surface area contributed by atoms with Gasteiger partial charge in [0.15, 0.2) is 10.9 Å². The van der Waals surface area contributed by atoms with Gasteiger partial charge >= 0.3 is 0 Å². The maximum absolute atomic E-state index is 12.0. The van der Waals surface area contributed by atoms with Crippen LogP contribution in [0.3, 0.4) is 0 Å². The molecule has 0 radical (unpaired) electrons. The number of carbonyl (C=O) groups excluding carboxylic acids is 2. The molecule has 0 saturated carbocycles. The number of nitrogens with one attached hydrogen (secondary N) is 1. The SMILES string of the molecule is CCn1c(C)nnc1SCCNC(=O)c1csc(C(C)=O)c1. The van der Waals surface area contributed by atoms with Gasteiger partial charge in [-0.2, -0.15) is 0 Å². The average molecular weight is 338 g/mol. The van der Waals surface area contributed by atoms with E-state index in [0.717, 1.165) is 17.5 Å². The maximum Gasteiger partial charge on any atom is 0.252 e. The molecule has 0 fully saturated rings. The first-order valence-corrected chi connectivity index (χ1v) is 8.79. The minimum absolute atomic E-state index is 0.0196. The lowest BCUT2D eigenvalue weighted by molar-refractivity contribution is 0.0956. The number of carbonyl (C=O) groups is 2. The lowest BCUT2D eigenvalue weighted by Crippen LogP contribution is -2.25. The number of hydrogen-bond donors (Lipinski definition) is 1. The molecule has 0 bridgehead atoms. The highest BCUT2D eigenvalue weighted by atomic mass is 32.2. The highest BCUT2D eigenvalue weighted by Crippen LogP contribution is 2.17. The highest BCUT2D eigenvalue weighted by Gasteiger charge is 2.11. The lowest BCUT2D eigenvalue weighted by atomic mass is 10.2. The summed E-state index contributed by atoms with van der Waals surface area (Å²) in [6.07, 6.45) is 0. The van der Waals surface area contributed by atoms with Crippen molar-refractivity contribution in [1.82, 2.24) is 20.1 Å². The molecule has 6 nitrogen and oxygen atoms in total. The van der Waals surface area contributed by atoms with Crippen LogP contribution in [-0.4, -0.2) is 38.8 Å². The Hall–Kier alpha value is -1.67. The van der Waals surface area contributed by atoms with E-state index in [1.807, 2.05) is 18.4 Å². The molecule has 2 heterocycles. The number of aryl methyl sites for hydroxylation is 1. The summed E-state index contributed by atoms with van der Waals surface area (Å²) in [5.41, 5.74) is 0.535. The van der Waals surface area contributed by atoms with Gasteiger partial charge in [-0.15, -0.1) is 21.5 Å². The molecule has 2 rings (SSSR count). The standard InChI is InChI=1S/C14H18N4O2S2/c1-4-18-10(3)16-17-14(18)21-6-5-15-13(20)11-7-12(9(2)19)22-8-11/h7-8H,4-6H2,1-3H3,(H,15,20). The Bertz CT molecular complexity index is 678. The van der Waals surface area contributed by atoms with Crippen molar-refractivity contribution in [2.24, 2.45) is 0 Å². The monoisotopic (exact) mass is 338 g/mol. The molecule has 0 spiro atoms. The zero-order valence-electron chi connectivity index (χ0n) is 12.8.